The summed E-state index contributed by atoms with van der Waals surface area (Å²) in [5, 5.41) is 0. The molecule has 0 unspecified atom stereocenters. The predicted molar refractivity (Wildman–Crippen MR) is 88.7 cm³/mol. The highest BCUT2D eigenvalue weighted by atomic mass is 15.4. The number of aromatic nitrogens is 3. The SMILES string of the molecule is C[N+](CCc1ccccn1)(c1ccccn1)c1ccccn1. The second-order valence-corrected chi connectivity index (χ2v) is 5.36. The van der Waals surface area contributed by atoms with Gasteiger partial charge in [-0.2, -0.15) is 0 Å². The first-order valence-corrected chi connectivity index (χ1v) is 7.38. The van der Waals surface area contributed by atoms with Crippen LogP contribution in [0.3, 0.4) is 0 Å². The standard InChI is InChI=1S/C18H19N4/c1-22(17-9-3-6-13-20-17,18-10-4-7-14-21-18)15-11-16-8-2-5-12-19-16/h2-10,12-14H,11,15H2,1H3/q+1. The molecule has 110 valence electrons. The van der Waals surface area contributed by atoms with Crippen molar-refractivity contribution in [1.29, 1.82) is 0 Å². The van der Waals surface area contributed by atoms with Gasteiger partial charge in [0.1, 0.15) is 0 Å². The third-order valence-corrected chi connectivity index (χ3v) is 3.85. The third kappa shape index (κ3) is 3.02. The molecule has 4 nitrogen and oxygen atoms in total. The molecule has 0 aliphatic rings. The molecular formula is C18H19N4+. The molecule has 22 heavy (non-hydrogen) atoms. The zero-order valence-corrected chi connectivity index (χ0v) is 12.6. The molecule has 0 atom stereocenters. The normalized spacial score (nSPS) is 11.3. The van der Waals surface area contributed by atoms with E-state index in [4.69, 9.17) is 0 Å². The van der Waals surface area contributed by atoms with Crippen molar-refractivity contribution >= 4 is 11.6 Å². The minimum Gasteiger partial charge on any atom is -0.261 e. The van der Waals surface area contributed by atoms with Crippen molar-refractivity contribution in [2.75, 3.05) is 13.6 Å². The molecule has 3 aromatic rings. The molecule has 0 spiro atoms. The first kappa shape index (κ1) is 14.4. The van der Waals surface area contributed by atoms with E-state index in [2.05, 4.69) is 28.1 Å². The van der Waals surface area contributed by atoms with E-state index >= 15 is 0 Å². The lowest BCUT2D eigenvalue weighted by molar-refractivity contribution is 0.436. The fourth-order valence-corrected chi connectivity index (χ4v) is 2.52. The van der Waals surface area contributed by atoms with E-state index in [9.17, 15) is 0 Å². The molecule has 0 bridgehead atoms. The van der Waals surface area contributed by atoms with E-state index in [1.54, 1.807) is 0 Å². The molecule has 0 aliphatic carbocycles. The molecule has 0 N–H and O–H groups in total. The number of quaternary nitrogens is 1. The van der Waals surface area contributed by atoms with Gasteiger partial charge in [0.15, 0.2) is 0 Å². The van der Waals surface area contributed by atoms with Crippen molar-refractivity contribution in [3.8, 4) is 0 Å². The van der Waals surface area contributed by atoms with Gasteiger partial charge in [-0.1, -0.05) is 18.2 Å². The van der Waals surface area contributed by atoms with E-state index in [0.29, 0.717) is 4.48 Å². The predicted octanol–water partition coefficient (Wildman–Crippen LogP) is 3.38. The molecule has 0 saturated carbocycles. The highest BCUT2D eigenvalue weighted by Gasteiger charge is 2.30. The summed E-state index contributed by atoms with van der Waals surface area (Å²) in [6, 6.07) is 18.0. The van der Waals surface area contributed by atoms with Crippen LogP contribution in [0.4, 0.5) is 11.6 Å². The van der Waals surface area contributed by atoms with Gasteiger partial charge in [0.2, 0.25) is 11.6 Å². The maximum atomic E-state index is 4.55. The van der Waals surface area contributed by atoms with Crippen LogP contribution in [0.2, 0.25) is 0 Å². The fraction of sp³-hybridized carbons (Fsp3) is 0.167. The van der Waals surface area contributed by atoms with Crippen molar-refractivity contribution < 1.29 is 0 Å². The van der Waals surface area contributed by atoms with Crippen LogP contribution in [0.5, 0.6) is 0 Å². The third-order valence-electron chi connectivity index (χ3n) is 3.85. The number of nitrogens with zero attached hydrogens (tertiary/aromatic N) is 4. The minimum absolute atomic E-state index is 0.554. The highest BCUT2D eigenvalue weighted by Crippen LogP contribution is 2.28. The zero-order chi connectivity index (χ0) is 15.3. The maximum Gasteiger partial charge on any atom is 0.233 e. The summed E-state index contributed by atoms with van der Waals surface area (Å²) < 4.78 is 0.554. The van der Waals surface area contributed by atoms with Gasteiger partial charge in [0.05, 0.1) is 13.6 Å². The molecule has 4 heteroatoms. The number of rotatable bonds is 5. The average molecular weight is 291 g/mol. The quantitative estimate of drug-likeness (QED) is 0.676. The Balaban J connectivity index is 1.93. The molecule has 3 aromatic heterocycles. The average Bonchev–Trinajstić information content (AvgIpc) is 2.62. The molecule has 3 heterocycles. The number of hydrogen-bond donors (Lipinski definition) is 0. The van der Waals surface area contributed by atoms with E-state index in [0.717, 1.165) is 30.3 Å². The Morgan fingerprint density at radius 3 is 1.73 bits per heavy atom. The van der Waals surface area contributed by atoms with Gasteiger partial charge < -0.3 is 0 Å². The Morgan fingerprint density at radius 2 is 1.27 bits per heavy atom. The lowest BCUT2D eigenvalue weighted by Gasteiger charge is -2.30. The van der Waals surface area contributed by atoms with Gasteiger partial charge in [0, 0.05) is 42.8 Å². The van der Waals surface area contributed by atoms with Crippen LogP contribution in [-0.4, -0.2) is 28.5 Å². The van der Waals surface area contributed by atoms with E-state index in [1.165, 1.54) is 0 Å². The molecule has 0 aromatic carbocycles. The minimum atomic E-state index is 0.554. The highest BCUT2D eigenvalue weighted by molar-refractivity contribution is 5.49. The molecule has 0 aliphatic heterocycles. The number of hydrogen-bond acceptors (Lipinski definition) is 3. The smallest absolute Gasteiger partial charge is 0.233 e. The monoisotopic (exact) mass is 291 g/mol. The molecular weight excluding hydrogens is 272 g/mol. The second-order valence-electron chi connectivity index (χ2n) is 5.36. The van der Waals surface area contributed by atoms with Crippen LogP contribution in [0, 0.1) is 0 Å². The van der Waals surface area contributed by atoms with Gasteiger partial charge in [-0.25, -0.2) is 14.5 Å². The van der Waals surface area contributed by atoms with Crippen LogP contribution in [-0.2, 0) is 6.42 Å². The zero-order valence-electron chi connectivity index (χ0n) is 12.6. The summed E-state index contributed by atoms with van der Waals surface area (Å²) in [6.07, 6.45) is 6.36. The van der Waals surface area contributed by atoms with Gasteiger partial charge in [-0.05, 0) is 24.3 Å². The van der Waals surface area contributed by atoms with Crippen molar-refractivity contribution in [2.45, 2.75) is 6.42 Å². The summed E-state index contributed by atoms with van der Waals surface area (Å²) in [6.45, 7) is 0.852. The Kier molecular flexibility index (Phi) is 4.21. The summed E-state index contributed by atoms with van der Waals surface area (Å²) in [7, 11) is 2.15. The molecule has 0 fully saturated rings. The van der Waals surface area contributed by atoms with Crippen LogP contribution in [0.25, 0.3) is 0 Å². The van der Waals surface area contributed by atoms with Gasteiger partial charge in [0.25, 0.3) is 0 Å². The first-order chi connectivity index (χ1) is 10.8. The second kappa shape index (κ2) is 6.45. The summed E-state index contributed by atoms with van der Waals surface area (Å²) in [4.78, 5) is 13.5. The van der Waals surface area contributed by atoms with E-state index < -0.39 is 0 Å². The van der Waals surface area contributed by atoms with Crippen LogP contribution in [0.15, 0.2) is 73.2 Å². The Hall–Kier alpha value is -2.59. The van der Waals surface area contributed by atoms with Gasteiger partial charge in [-0.15, -0.1) is 0 Å². The van der Waals surface area contributed by atoms with E-state index in [1.807, 2.05) is 67.1 Å². The topological polar surface area (TPSA) is 38.7 Å². The summed E-state index contributed by atoms with van der Waals surface area (Å²) in [5.41, 5.74) is 1.08. The van der Waals surface area contributed by atoms with Crippen molar-refractivity contribution in [3.05, 3.63) is 78.9 Å². The van der Waals surface area contributed by atoms with Crippen molar-refractivity contribution in [1.82, 2.24) is 19.4 Å². The molecule has 0 saturated heterocycles. The van der Waals surface area contributed by atoms with Crippen LogP contribution in [0.1, 0.15) is 5.69 Å². The lowest BCUT2D eigenvalue weighted by atomic mass is 10.2. The number of likely N-dealkylation sites (N-methyl/N-ethyl adjacent to an activating group) is 1. The van der Waals surface area contributed by atoms with Gasteiger partial charge in [-0.3, -0.25) is 4.98 Å². The van der Waals surface area contributed by atoms with Gasteiger partial charge >= 0.3 is 0 Å². The van der Waals surface area contributed by atoms with Crippen molar-refractivity contribution in [3.63, 3.8) is 0 Å². The Bertz CT molecular complexity index is 659. The summed E-state index contributed by atoms with van der Waals surface area (Å²) >= 11 is 0. The fourth-order valence-electron chi connectivity index (χ4n) is 2.52. The van der Waals surface area contributed by atoms with E-state index in [-0.39, 0.29) is 0 Å². The Labute approximate surface area is 130 Å². The maximum absolute atomic E-state index is 4.55. The first-order valence-electron chi connectivity index (χ1n) is 7.38. The molecule has 0 radical (unpaired) electrons. The van der Waals surface area contributed by atoms with Crippen LogP contribution < -0.4 is 4.48 Å². The lowest BCUT2D eigenvalue weighted by Crippen LogP contribution is -2.43. The Morgan fingerprint density at radius 1 is 0.727 bits per heavy atom. The summed E-state index contributed by atoms with van der Waals surface area (Å²) in [5.74, 6) is 1.97. The molecule has 3 rings (SSSR count). The van der Waals surface area contributed by atoms with Crippen molar-refractivity contribution in [2.24, 2.45) is 0 Å². The largest absolute Gasteiger partial charge is 0.261 e. The molecule has 0 amide bonds. The number of pyridine rings is 3. The van der Waals surface area contributed by atoms with Crippen LogP contribution >= 0.6 is 0 Å².